The minimum absolute atomic E-state index is 0.620. The summed E-state index contributed by atoms with van der Waals surface area (Å²) in [6, 6.07) is 0. The van der Waals surface area contributed by atoms with Crippen LogP contribution in [-0.2, 0) is 4.79 Å². The van der Waals surface area contributed by atoms with Crippen LogP contribution in [-0.4, -0.2) is 30.2 Å². The lowest BCUT2D eigenvalue weighted by atomic mass is 10.7. The lowest BCUT2D eigenvalue weighted by Crippen LogP contribution is -2.51. The van der Waals surface area contributed by atoms with E-state index in [0.717, 1.165) is 0 Å². The molecule has 0 aliphatic heterocycles. The molecule has 0 aromatic carbocycles. The zero-order valence-electron chi connectivity index (χ0n) is 7.77. The fraction of sp³-hybridized carbons (Fsp3) is 0.800. The van der Waals surface area contributed by atoms with E-state index in [4.69, 9.17) is 39.0 Å². The Hall–Kier alpha value is 0.991. The van der Waals surface area contributed by atoms with Gasteiger partial charge in [-0.15, -0.1) is 0 Å². The van der Waals surface area contributed by atoms with Crippen LogP contribution in [0.5, 0.6) is 0 Å². The first-order chi connectivity index (χ1) is 5.77. The van der Waals surface area contributed by atoms with E-state index in [-0.39, 0.29) is 0 Å². The van der Waals surface area contributed by atoms with Crippen LogP contribution in [0, 0.1) is 0 Å². The van der Waals surface area contributed by atoms with Crippen molar-refractivity contribution in [2.75, 3.05) is 0 Å². The fourth-order valence-corrected chi connectivity index (χ4v) is 23.0. The summed E-state index contributed by atoms with van der Waals surface area (Å²) in [5.74, 6) is -0.620. The van der Waals surface area contributed by atoms with E-state index in [1.807, 2.05) is 19.6 Å². The van der Waals surface area contributed by atoms with Gasteiger partial charge >= 0.3 is 0 Å². The van der Waals surface area contributed by atoms with Crippen molar-refractivity contribution in [1.82, 2.24) is 5.73 Å². The highest BCUT2D eigenvalue weighted by Gasteiger charge is 2.52. The maximum atomic E-state index is 11.3. The zero-order chi connectivity index (χ0) is 10.8. The van der Waals surface area contributed by atoms with Crippen molar-refractivity contribution < 1.29 is 4.79 Å². The van der Waals surface area contributed by atoms with Gasteiger partial charge in [-0.25, -0.2) is 0 Å². The first-order valence-electron chi connectivity index (χ1n) is 3.96. The van der Waals surface area contributed by atoms with E-state index in [1.165, 1.54) is 0 Å². The molecule has 0 spiro atoms. The maximum absolute atomic E-state index is 11.3. The van der Waals surface area contributed by atoms with Gasteiger partial charge in [-0.2, -0.15) is 33.2 Å². The first kappa shape index (κ1) is 14.0. The molecule has 1 amide bonds. The molecule has 3 atom stereocenters. The first-order valence-corrected chi connectivity index (χ1v) is 14.4. The second-order valence-electron chi connectivity index (χ2n) is 3.11. The molecule has 8 heteroatoms. The van der Waals surface area contributed by atoms with Crippen molar-refractivity contribution in [3.63, 3.8) is 0 Å². The Morgan fingerprint density at radius 2 is 1.31 bits per heavy atom. The Labute approximate surface area is 97.7 Å². The van der Waals surface area contributed by atoms with Gasteiger partial charge in [-0.3, -0.25) is 10.5 Å². The van der Waals surface area contributed by atoms with Crippen molar-refractivity contribution in [2.24, 2.45) is 0 Å². The van der Waals surface area contributed by atoms with Gasteiger partial charge < -0.3 is 0 Å². The van der Waals surface area contributed by atoms with E-state index in [0.29, 0.717) is 0 Å². The summed E-state index contributed by atoms with van der Waals surface area (Å²) in [6.07, 6.45) is 0. The molecule has 0 aliphatic carbocycles. The van der Waals surface area contributed by atoms with Crippen LogP contribution >= 0.6 is 33.2 Å². The third-order valence-electron chi connectivity index (χ3n) is 2.37. The van der Waals surface area contributed by atoms with Crippen molar-refractivity contribution in [2.45, 2.75) is 23.9 Å². The number of carbonyl (C=O) groups excluding carboxylic acids is 1. The predicted molar refractivity (Wildman–Crippen MR) is 67.4 cm³/mol. The van der Waals surface area contributed by atoms with Crippen molar-refractivity contribution in [3.8, 4) is 0 Å². The summed E-state index contributed by atoms with van der Waals surface area (Å²) < 4.78 is -0.759. The Bertz CT molecular complexity index is 178. The van der Waals surface area contributed by atoms with Crippen molar-refractivity contribution in [1.29, 1.82) is 0 Å². The Morgan fingerprint density at radius 1 is 1.08 bits per heavy atom. The number of amides is 1. The van der Waals surface area contributed by atoms with Crippen LogP contribution in [0.15, 0.2) is 0 Å². The van der Waals surface area contributed by atoms with E-state index in [2.05, 4.69) is 0 Å². The molecule has 3 unspecified atom stereocenters. The second-order valence-corrected chi connectivity index (χ2v) is 17.6. The number of hydrogen-bond donors (Lipinski definition) is 0. The minimum atomic E-state index is -1.80. The van der Waals surface area contributed by atoms with Crippen LogP contribution in [0.4, 0.5) is 0 Å². The zero-order valence-corrected chi connectivity index (χ0v) is 13.5. The Kier molecular flexibility index (Phi) is 5.57. The third kappa shape index (κ3) is 2.51. The quantitative estimate of drug-likeness (QED) is 0.570. The molecule has 0 fully saturated rings. The van der Waals surface area contributed by atoms with Crippen LogP contribution in [0.25, 0.3) is 0 Å². The summed E-state index contributed by atoms with van der Waals surface area (Å²) in [4.78, 5) is 11.3. The van der Waals surface area contributed by atoms with Gasteiger partial charge in [0.25, 0.3) is 0 Å². The smallest absolute Gasteiger partial charge is 0.239 e. The average Bonchev–Trinajstić information content (AvgIpc) is 1.82. The molecule has 0 heterocycles. The van der Waals surface area contributed by atoms with Gasteiger partial charge in [0.05, 0.1) is 4.28 Å². The van der Waals surface area contributed by atoms with Gasteiger partial charge in [-0.1, -0.05) is 19.6 Å². The predicted octanol–water partition coefficient (Wildman–Crippen LogP) is 1.39. The standard InChI is InChI=1S/C5H13Cl3NOSi3/c1-11(6)5(4(9)10,12(2)7)13(3)8/h9,11-13H,1-3H3. The topological polar surface area (TPSA) is 40.9 Å². The monoisotopic (exact) mass is 292 g/mol. The molecular formula is C5H13Cl3NOSi3. The van der Waals surface area contributed by atoms with Crippen LogP contribution in [0.3, 0.4) is 0 Å². The number of halogens is 3. The molecule has 0 aromatic heterocycles. The lowest BCUT2D eigenvalue weighted by molar-refractivity contribution is -0.118. The summed E-state index contributed by atoms with van der Waals surface area (Å²) in [5, 5.41) is 0. The normalized spacial score (nSPS) is 22.9. The highest BCUT2D eigenvalue weighted by Crippen LogP contribution is 2.41. The molecule has 77 valence electrons. The largest absolute Gasteiger partial charge is 0.274 e. The van der Waals surface area contributed by atoms with Crippen LogP contribution in [0.2, 0.25) is 23.9 Å². The molecule has 13 heavy (non-hydrogen) atoms. The van der Waals surface area contributed by atoms with Crippen molar-refractivity contribution in [3.05, 3.63) is 0 Å². The summed E-state index contributed by atoms with van der Waals surface area (Å²) in [7, 11) is -5.40. The molecular weight excluding hydrogens is 281 g/mol. The molecule has 0 aromatic rings. The molecule has 1 radical (unpaired) electrons. The molecule has 0 rings (SSSR count). The number of rotatable bonds is 4. The molecule has 0 aliphatic rings. The van der Waals surface area contributed by atoms with E-state index >= 15 is 0 Å². The van der Waals surface area contributed by atoms with Gasteiger partial charge in [0.2, 0.25) is 5.91 Å². The summed E-state index contributed by atoms with van der Waals surface area (Å²) in [5.41, 5.74) is 7.29. The van der Waals surface area contributed by atoms with Gasteiger partial charge in [0.15, 0.2) is 24.3 Å². The lowest BCUT2D eigenvalue weighted by Gasteiger charge is -2.34. The SMILES string of the molecule is C[SiH](Cl)C(C([NH])=O)([SiH](C)Cl)[SiH](C)Cl. The molecule has 0 bridgehead atoms. The summed E-state index contributed by atoms with van der Waals surface area (Å²) >= 11 is 18.3. The number of nitrogens with one attached hydrogen (secondary N) is 1. The molecule has 0 saturated carbocycles. The third-order valence-corrected chi connectivity index (χ3v) is 23.2. The molecule has 2 nitrogen and oxygen atoms in total. The van der Waals surface area contributed by atoms with E-state index < -0.39 is 34.5 Å². The Morgan fingerprint density at radius 3 is 1.31 bits per heavy atom. The summed E-state index contributed by atoms with van der Waals surface area (Å²) in [6.45, 7) is 5.52. The highest BCUT2D eigenvalue weighted by atomic mass is 35.6. The van der Waals surface area contributed by atoms with E-state index in [1.54, 1.807) is 0 Å². The minimum Gasteiger partial charge on any atom is -0.274 e. The number of carbonyl (C=O) groups is 1. The fourth-order valence-electron chi connectivity index (χ4n) is 1.49. The van der Waals surface area contributed by atoms with Gasteiger partial charge in [-0.05, 0) is 0 Å². The van der Waals surface area contributed by atoms with E-state index in [9.17, 15) is 4.79 Å². The van der Waals surface area contributed by atoms with Gasteiger partial charge in [0, 0.05) is 0 Å². The second kappa shape index (κ2) is 5.18. The highest BCUT2D eigenvalue weighted by molar-refractivity contribution is 7.36. The van der Waals surface area contributed by atoms with Crippen LogP contribution < -0.4 is 5.73 Å². The average molecular weight is 294 g/mol. The van der Waals surface area contributed by atoms with Crippen molar-refractivity contribution >= 4 is 63.5 Å². The van der Waals surface area contributed by atoms with Gasteiger partial charge in [0.1, 0.15) is 0 Å². The molecule has 0 saturated heterocycles. The number of hydrogen-bond acceptors (Lipinski definition) is 1. The Balaban J connectivity index is 5.19. The molecule has 1 N–H and O–H groups in total. The maximum Gasteiger partial charge on any atom is 0.239 e. The van der Waals surface area contributed by atoms with Crippen LogP contribution in [0.1, 0.15) is 0 Å².